The molecule has 0 unspecified atom stereocenters. The molecule has 3 aromatic rings. The summed E-state index contributed by atoms with van der Waals surface area (Å²) < 4.78 is 0. The van der Waals surface area contributed by atoms with Gasteiger partial charge in [-0.25, -0.2) is 4.98 Å². The van der Waals surface area contributed by atoms with Gasteiger partial charge in [0.05, 0.1) is 16.9 Å². The molecule has 23 heavy (non-hydrogen) atoms. The van der Waals surface area contributed by atoms with Gasteiger partial charge in [0.15, 0.2) is 5.96 Å². The average molecular weight is 306 g/mol. The summed E-state index contributed by atoms with van der Waals surface area (Å²) in [5.74, 6) is 0.0283. The molecule has 0 atom stereocenters. The van der Waals surface area contributed by atoms with Crippen LogP contribution >= 0.6 is 0 Å². The molecule has 0 spiro atoms. The van der Waals surface area contributed by atoms with E-state index in [0.717, 1.165) is 16.5 Å². The molecule has 1 aromatic heterocycles. The van der Waals surface area contributed by atoms with Gasteiger partial charge < -0.3 is 10.4 Å². The number of nitrogens with one attached hydrogen (secondary N) is 3. The van der Waals surface area contributed by atoms with Crippen molar-refractivity contribution in [3.63, 3.8) is 0 Å². The zero-order chi connectivity index (χ0) is 16.2. The van der Waals surface area contributed by atoms with Crippen LogP contribution in [0.25, 0.3) is 22.2 Å². The van der Waals surface area contributed by atoms with Crippen LogP contribution in [0.1, 0.15) is 0 Å². The van der Waals surface area contributed by atoms with Crippen molar-refractivity contribution in [3.8, 4) is 17.0 Å². The molecule has 0 bridgehead atoms. The number of para-hydroxylation sites is 1. The Hall–Kier alpha value is -3.41. The van der Waals surface area contributed by atoms with Gasteiger partial charge in [-0.15, -0.1) is 0 Å². The van der Waals surface area contributed by atoms with Crippen molar-refractivity contribution in [2.75, 3.05) is 5.32 Å². The van der Waals surface area contributed by atoms with Crippen LogP contribution in [0, 0.1) is 5.41 Å². The van der Waals surface area contributed by atoms with E-state index >= 15 is 0 Å². The van der Waals surface area contributed by atoms with Crippen LogP contribution < -0.4 is 10.6 Å². The number of amides is 1. The molecule has 0 saturated heterocycles. The van der Waals surface area contributed by atoms with Gasteiger partial charge in [-0.3, -0.25) is 15.5 Å². The maximum absolute atomic E-state index is 10.5. The number of carbonyl (C=O) groups is 1. The first kappa shape index (κ1) is 14.5. The normalized spacial score (nSPS) is 10.3. The molecule has 114 valence electrons. The maximum atomic E-state index is 10.5. The van der Waals surface area contributed by atoms with E-state index in [4.69, 9.17) is 5.41 Å². The fourth-order valence-electron chi connectivity index (χ4n) is 2.32. The molecule has 6 heteroatoms. The van der Waals surface area contributed by atoms with Crippen molar-refractivity contribution < 1.29 is 9.90 Å². The van der Waals surface area contributed by atoms with E-state index in [1.54, 1.807) is 24.3 Å². The summed E-state index contributed by atoms with van der Waals surface area (Å²) >= 11 is 0. The first-order valence-electron chi connectivity index (χ1n) is 6.92. The number of phenols is 1. The SMILES string of the molecule is N=C(NC=O)Nc1cc(-c2cccc(O)c2)nc2ccccc12. The monoisotopic (exact) mass is 306 g/mol. The topological polar surface area (TPSA) is 98.1 Å². The van der Waals surface area contributed by atoms with Crippen molar-refractivity contribution in [2.24, 2.45) is 0 Å². The minimum atomic E-state index is -0.127. The second kappa shape index (κ2) is 6.15. The number of benzene rings is 2. The van der Waals surface area contributed by atoms with Gasteiger partial charge in [0.25, 0.3) is 0 Å². The lowest BCUT2D eigenvalue weighted by Gasteiger charge is -2.12. The number of rotatable bonds is 3. The number of hydrogen-bond acceptors (Lipinski definition) is 4. The third-order valence-electron chi connectivity index (χ3n) is 3.32. The maximum Gasteiger partial charge on any atom is 0.213 e. The molecule has 0 saturated carbocycles. The third-order valence-corrected chi connectivity index (χ3v) is 3.32. The minimum absolute atomic E-state index is 0.127. The Bertz CT molecular complexity index is 893. The zero-order valence-corrected chi connectivity index (χ0v) is 12.1. The molecule has 1 heterocycles. The van der Waals surface area contributed by atoms with Crippen LogP contribution in [-0.2, 0) is 4.79 Å². The second-order valence-electron chi connectivity index (χ2n) is 4.88. The van der Waals surface area contributed by atoms with Crippen molar-refractivity contribution in [1.29, 1.82) is 5.41 Å². The number of carbonyl (C=O) groups excluding carboxylic acids is 1. The fourth-order valence-corrected chi connectivity index (χ4v) is 2.32. The Balaban J connectivity index is 2.13. The summed E-state index contributed by atoms with van der Waals surface area (Å²) in [6.45, 7) is 0. The predicted octanol–water partition coefficient (Wildman–Crippen LogP) is 2.70. The summed E-state index contributed by atoms with van der Waals surface area (Å²) in [5.41, 5.74) is 2.80. The predicted molar refractivity (Wildman–Crippen MR) is 89.4 cm³/mol. The summed E-state index contributed by atoms with van der Waals surface area (Å²) in [5, 5.41) is 23.3. The molecule has 0 radical (unpaired) electrons. The van der Waals surface area contributed by atoms with Gasteiger partial charge in [0.2, 0.25) is 6.41 Å². The molecule has 6 nitrogen and oxygen atoms in total. The van der Waals surface area contributed by atoms with E-state index in [-0.39, 0.29) is 11.7 Å². The lowest BCUT2D eigenvalue weighted by Crippen LogP contribution is -2.28. The smallest absolute Gasteiger partial charge is 0.213 e. The first-order valence-corrected chi connectivity index (χ1v) is 6.92. The highest BCUT2D eigenvalue weighted by Gasteiger charge is 2.09. The number of nitrogens with zero attached hydrogens (tertiary/aromatic N) is 1. The largest absolute Gasteiger partial charge is 0.508 e. The first-order chi connectivity index (χ1) is 11.2. The second-order valence-corrected chi connectivity index (χ2v) is 4.88. The number of phenolic OH excluding ortho intramolecular Hbond substituents is 1. The lowest BCUT2D eigenvalue weighted by molar-refractivity contribution is -0.108. The van der Waals surface area contributed by atoms with Crippen LogP contribution in [0.4, 0.5) is 5.69 Å². The van der Waals surface area contributed by atoms with E-state index < -0.39 is 0 Å². The van der Waals surface area contributed by atoms with E-state index in [1.165, 1.54) is 0 Å². The molecule has 2 aromatic carbocycles. The van der Waals surface area contributed by atoms with Gasteiger partial charge >= 0.3 is 0 Å². The highest BCUT2D eigenvalue weighted by atomic mass is 16.3. The van der Waals surface area contributed by atoms with Crippen LogP contribution in [0.2, 0.25) is 0 Å². The Kier molecular flexibility index (Phi) is 3.88. The van der Waals surface area contributed by atoms with Crippen LogP contribution in [0.5, 0.6) is 5.75 Å². The molecule has 3 rings (SSSR count). The Labute approximate surface area is 132 Å². The van der Waals surface area contributed by atoms with Gasteiger partial charge in [-0.2, -0.15) is 0 Å². The van der Waals surface area contributed by atoms with E-state index in [0.29, 0.717) is 17.8 Å². The summed E-state index contributed by atoms with van der Waals surface area (Å²) in [6, 6.07) is 16.1. The third kappa shape index (κ3) is 3.11. The molecule has 1 amide bonds. The van der Waals surface area contributed by atoms with Crippen molar-refractivity contribution in [1.82, 2.24) is 10.3 Å². The molecular weight excluding hydrogens is 292 g/mol. The molecular formula is C17H14N4O2. The van der Waals surface area contributed by atoms with Crippen LogP contribution in [0.3, 0.4) is 0 Å². The lowest BCUT2D eigenvalue weighted by atomic mass is 10.1. The summed E-state index contributed by atoms with van der Waals surface area (Å²) in [7, 11) is 0. The van der Waals surface area contributed by atoms with Crippen LogP contribution in [0.15, 0.2) is 54.6 Å². The van der Waals surface area contributed by atoms with Gasteiger partial charge in [0.1, 0.15) is 5.75 Å². The Morgan fingerprint density at radius 3 is 2.74 bits per heavy atom. The summed E-state index contributed by atoms with van der Waals surface area (Å²) in [6.07, 6.45) is 0.439. The molecule has 0 aliphatic rings. The fraction of sp³-hybridized carbons (Fsp3) is 0. The standard InChI is InChI=1S/C17H14N4O2/c18-17(19-10-22)21-16-9-15(11-4-3-5-12(23)8-11)20-14-7-2-1-6-13(14)16/h1-10,23H,(H3,18,19,20,21,22). The minimum Gasteiger partial charge on any atom is -0.508 e. The Morgan fingerprint density at radius 2 is 1.96 bits per heavy atom. The zero-order valence-electron chi connectivity index (χ0n) is 12.1. The van der Waals surface area contributed by atoms with Crippen LogP contribution in [-0.4, -0.2) is 22.5 Å². The van der Waals surface area contributed by atoms with Gasteiger partial charge in [-0.05, 0) is 24.3 Å². The number of anilines is 1. The highest BCUT2D eigenvalue weighted by Crippen LogP contribution is 2.29. The van der Waals surface area contributed by atoms with E-state index in [1.807, 2.05) is 30.3 Å². The molecule has 0 fully saturated rings. The van der Waals surface area contributed by atoms with Crippen molar-refractivity contribution in [2.45, 2.75) is 0 Å². The quantitative estimate of drug-likeness (QED) is 0.340. The molecule has 0 aliphatic heterocycles. The number of aromatic nitrogens is 1. The van der Waals surface area contributed by atoms with Gasteiger partial charge in [0, 0.05) is 10.9 Å². The van der Waals surface area contributed by atoms with E-state index in [2.05, 4.69) is 15.6 Å². The van der Waals surface area contributed by atoms with Crippen molar-refractivity contribution >= 4 is 29.0 Å². The van der Waals surface area contributed by atoms with E-state index in [9.17, 15) is 9.90 Å². The molecule has 0 aliphatic carbocycles. The van der Waals surface area contributed by atoms with Gasteiger partial charge in [-0.1, -0.05) is 30.3 Å². The van der Waals surface area contributed by atoms with Crippen molar-refractivity contribution in [3.05, 3.63) is 54.6 Å². The number of pyridine rings is 1. The summed E-state index contributed by atoms with van der Waals surface area (Å²) in [4.78, 5) is 15.1. The number of aromatic hydroxyl groups is 1. The number of hydrogen-bond donors (Lipinski definition) is 4. The average Bonchev–Trinajstić information content (AvgIpc) is 2.55. The highest BCUT2D eigenvalue weighted by molar-refractivity contribution is 6.04. The molecule has 4 N–H and O–H groups in total. The number of guanidine groups is 1. The Morgan fingerprint density at radius 1 is 1.13 bits per heavy atom. The number of fused-ring (bicyclic) bond motifs is 1.